The van der Waals surface area contributed by atoms with E-state index in [0.717, 1.165) is 0 Å². The van der Waals surface area contributed by atoms with Crippen molar-refractivity contribution in [1.29, 1.82) is 0 Å². The van der Waals surface area contributed by atoms with E-state index in [2.05, 4.69) is 5.32 Å². The number of hydrogen-bond donors (Lipinski definition) is 2. The first kappa shape index (κ1) is 15.8. The fraction of sp³-hybridized carbons (Fsp3) is 0.133. The van der Waals surface area contributed by atoms with Gasteiger partial charge in [0.1, 0.15) is 5.75 Å². The Kier molecular flexibility index (Phi) is 4.67. The third-order valence-electron chi connectivity index (χ3n) is 2.81. The van der Waals surface area contributed by atoms with Crippen molar-refractivity contribution in [3.05, 3.63) is 48.5 Å². The van der Waals surface area contributed by atoms with Crippen molar-refractivity contribution in [3.8, 4) is 5.75 Å². The van der Waals surface area contributed by atoms with Crippen LogP contribution in [0.15, 0.2) is 53.4 Å². The van der Waals surface area contributed by atoms with Gasteiger partial charge >= 0.3 is 0 Å². The molecular formula is C15H16N2O4S. The lowest BCUT2D eigenvalue weighted by molar-refractivity contribution is -0.114. The molecule has 0 saturated carbocycles. The monoisotopic (exact) mass is 320 g/mol. The number of benzene rings is 2. The molecule has 116 valence electrons. The van der Waals surface area contributed by atoms with E-state index in [4.69, 9.17) is 10.5 Å². The van der Waals surface area contributed by atoms with E-state index in [9.17, 15) is 13.2 Å². The van der Waals surface area contributed by atoms with E-state index in [1.165, 1.54) is 19.1 Å². The van der Waals surface area contributed by atoms with Crippen LogP contribution in [0.25, 0.3) is 0 Å². The zero-order valence-corrected chi connectivity index (χ0v) is 12.8. The number of nitrogens with two attached hydrogens (primary N) is 1. The number of amides is 1. The second-order valence-electron chi connectivity index (χ2n) is 4.62. The molecule has 2 aromatic carbocycles. The van der Waals surface area contributed by atoms with E-state index in [0.29, 0.717) is 11.4 Å². The number of ether oxygens (including phenoxy) is 1. The Labute approximate surface area is 128 Å². The molecule has 0 aromatic heterocycles. The average Bonchev–Trinajstić information content (AvgIpc) is 2.46. The van der Waals surface area contributed by atoms with Gasteiger partial charge in [-0.25, -0.2) is 8.42 Å². The number of rotatable bonds is 5. The first-order valence-corrected chi connectivity index (χ1v) is 8.11. The molecule has 22 heavy (non-hydrogen) atoms. The van der Waals surface area contributed by atoms with Crippen molar-refractivity contribution in [1.82, 2.24) is 0 Å². The fourth-order valence-corrected chi connectivity index (χ4v) is 2.94. The van der Waals surface area contributed by atoms with Crippen molar-refractivity contribution >= 4 is 27.1 Å². The van der Waals surface area contributed by atoms with Crippen molar-refractivity contribution in [3.63, 3.8) is 0 Å². The molecule has 0 radical (unpaired) electrons. The van der Waals surface area contributed by atoms with Crippen LogP contribution in [0.2, 0.25) is 0 Å². The van der Waals surface area contributed by atoms with Gasteiger partial charge in [-0.1, -0.05) is 12.1 Å². The molecule has 7 heteroatoms. The maximum Gasteiger partial charge on any atom is 0.221 e. The molecule has 0 fully saturated rings. The van der Waals surface area contributed by atoms with Gasteiger partial charge < -0.3 is 15.8 Å². The number of nitrogen functional groups attached to an aromatic ring is 1. The normalized spacial score (nSPS) is 11.0. The van der Waals surface area contributed by atoms with Crippen LogP contribution in [-0.4, -0.2) is 20.3 Å². The number of carbonyl (C=O) groups excluding carboxylic acids is 1. The Balaban J connectivity index is 2.06. The van der Waals surface area contributed by atoms with Crippen molar-refractivity contribution in [2.45, 2.75) is 11.8 Å². The molecular weight excluding hydrogens is 304 g/mol. The molecule has 0 unspecified atom stereocenters. The van der Waals surface area contributed by atoms with Crippen LogP contribution in [-0.2, 0) is 14.6 Å². The van der Waals surface area contributed by atoms with E-state index in [1.54, 1.807) is 36.4 Å². The van der Waals surface area contributed by atoms with Crippen LogP contribution in [0.4, 0.5) is 11.4 Å². The molecule has 0 saturated heterocycles. The lowest BCUT2D eigenvalue weighted by Crippen LogP contribution is -2.14. The molecule has 6 nitrogen and oxygen atoms in total. The first-order chi connectivity index (χ1) is 10.4. The summed E-state index contributed by atoms with van der Waals surface area (Å²) in [5.41, 5.74) is 6.46. The molecule has 0 bridgehead atoms. The van der Waals surface area contributed by atoms with Crippen LogP contribution in [0.1, 0.15) is 6.92 Å². The second kappa shape index (κ2) is 6.48. The maximum absolute atomic E-state index is 12.2. The van der Waals surface area contributed by atoms with E-state index < -0.39 is 15.8 Å². The largest absolute Gasteiger partial charge is 0.477 e. The summed E-state index contributed by atoms with van der Waals surface area (Å²) in [4.78, 5) is 11.0. The summed E-state index contributed by atoms with van der Waals surface area (Å²) in [7, 11) is -3.64. The van der Waals surface area contributed by atoms with Gasteiger partial charge in [-0.2, -0.15) is 0 Å². The summed E-state index contributed by atoms with van der Waals surface area (Å²) in [5, 5.41) is 2.61. The fourth-order valence-electron chi connectivity index (χ4n) is 1.81. The molecule has 0 heterocycles. The Hall–Kier alpha value is -2.54. The minimum Gasteiger partial charge on any atom is -0.477 e. The Morgan fingerprint density at radius 3 is 2.36 bits per heavy atom. The number of hydrogen-bond acceptors (Lipinski definition) is 5. The number of sulfone groups is 1. The number of nitrogens with one attached hydrogen (secondary N) is 1. The average molecular weight is 320 g/mol. The quantitative estimate of drug-likeness (QED) is 0.821. The standard InChI is InChI=1S/C15H16N2O4S/c1-11(18)17-12-6-8-13(9-7-12)21-10-22(19,20)15-5-3-2-4-14(15)16/h2-9H,10,16H2,1H3,(H,17,18). The molecule has 0 aliphatic rings. The summed E-state index contributed by atoms with van der Waals surface area (Å²) >= 11 is 0. The van der Waals surface area contributed by atoms with Crippen LogP contribution in [0.3, 0.4) is 0 Å². The predicted molar refractivity (Wildman–Crippen MR) is 84.3 cm³/mol. The first-order valence-electron chi connectivity index (χ1n) is 6.46. The highest BCUT2D eigenvalue weighted by atomic mass is 32.2. The lowest BCUT2D eigenvalue weighted by atomic mass is 10.3. The topological polar surface area (TPSA) is 98.5 Å². The van der Waals surface area contributed by atoms with E-state index in [1.807, 2.05) is 0 Å². The molecule has 2 rings (SSSR count). The molecule has 0 atom stereocenters. The van der Waals surface area contributed by atoms with Crippen molar-refractivity contribution < 1.29 is 17.9 Å². The highest BCUT2D eigenvalue weighted by Crippen LogP contribution is 2.21. The summed E-state index contributed by atoms with van der Waals surface area (Å²) in [5.74, 6) is -0.316. The van der Waals surface area contributed by atoms with Gasteiger partial charge in [-0.3, -0.25) is 4.79 Å². The summed E-state index contributed by atoms with van der Waals surface area (Å²) in [6, 6.07) is 12.6. The van der Waals surface area contributed by atoms with Gasteiger partial charge in [0.05, 0.1) is 10.6 Å². The third-order valence-corrected chi connectivity index (χ3v) is 4.28. The zero-order valence-electron chi connectivity index (χ0n) is 11.9. The maximum atomic E-state index is 12.2. The minimum absolute atomic E-state index is 0.0462. The Morgan fingerprint density at radius 1 is 1.14 bits per heavy atom. The smallest absolute Gasteiger partial charge is 0.221 e. The number of carbonyl (C=O) groups is 1. The molecule has 1 amide bonds. The third kappa shape index (κ3) is 3.98. The van der Waals surface area contributed by atoms with Gasteiger partial charge in [0.25, 0.3) is 0 Å². The van der Waals surface area contributed by atoms with E-state index >= 15 is 0 Å². The number of anilines is 2. The number of para-hydroxylation sites is 1. The Morgan fingerprint density at radius 2 is 1.77 bits per heavy atom. The lowest BCUT2D eigenvalue weighted by Gasteiger charge is -2.10. The predicted octanol–water partition coefficient (Wildman–Crippen LogP) is 2.04. The summed E-state index contributed by atoms with van der Waals surface area (Å²) in [6.07, 6.45) is 0. The van der Waals surface area contributed by atoms with Gasteiger partial charge in [0, 0.05) is 12.6 Å². The van der Waals surface area contributed by atoms with Crippen molar-refractivity contribution in [2.75, 3.05) is 17.0 Å². The van der Waals surface area contributed by atoms with Crippen LogP contribution >= 0.6 is 0 Å². The van der Waals surface area contributed by atoms with E-state index in [-0.39, 0.29) is 16.5 Å². The van der Waals surface area contributed by atoms with Gasteiger partial charge in [-0.05, 0) is 36.4 Å². The SMILES string of the molecule is CC(=O)Nc1ccc(OCS(=O)(=O)c2ccccc2N)cc1. The molecule has 2 aromatic rings. The molecule has 0 aliphatic heterocycles. The Bertz CT molecular complexity index is 770. The summed E-state index contributed by atoms with van der Waals surface area (Å²) in [6.45, 7) is 1.40. The van der Waals surface area contributed by atoms with Gasteiger partial charge in [-0.15, -0.1) is 0 Å². The van der Waals surface area contributed by atoms with Gasteiger partial charge in [0.15, 0.2) is 5.94 Å². The van der Waals surface area contributed by atoms with Crippen LogP contribution in [0, 0.1) is 0 Å². The molecule has 0 spiro atoms. The van der Waals surface area contributed by atoms with Crippen molar-refractivity contribution in [2.24, 2.45) is 0 Å². The highest BCUT2D eigenvalue weighted by molar-refractivity contribution is 7.91. The molecule has 0 aliphatic carbocycles. The highest BCUT2D eigenvalue weighted by Gasteiger charge is 2.18. The summed E-state index contributed by atoms with van der Waals surface area (Å²) < 4.78 is 29.6. The van der Waals surface area contributed by atoms with Crippen LogP contribution in [0.5, 0.6) is 5.75 Å². The minimum atomic E-state index is -3.64. The van der Waals surface area contributed by atoms with Gasteiger partial charge in [0.2, 0.25) is 15.7 Å². The zero-order chi connectivity index (χ0) is 16.2. The molecule has 3 N–H and O–H groups in total. The van der Waals surface area contributed by atoms with Crippen LogP contribution < -0.4 is 15.8 Å². The second-order valence-corrected chi connectivity index (χ2v) is 6.53.